The van der Waals surface area contributed by atoms with E-state index < -0.39 is 15.8 Å². The summed E-state index contributed by atoms with van der Waals surface area (Å²) < 4.78 is 39.5. The molecule has 0 amide bonds. The molecule has 0 spiro atoms. The second-order valence-corrected chi connectivity index (χ2v) is 6.18. The SMILES string of the molecule is Cc1cc(F)ccc1S(=O)(=O)NCC(C)CCN. The average Bonchev–Trinajstić information content (AvgIpc) is 2.26. The normalized spacial score (nSPS) is 13.6. The number of rotatable bonds is 6. The second kappa shape index (κ2) is 6.26. The maximum atomic E-state index is 12.9. The third-order valence-electron chi connectivity index (χ3n) is 2.71. The van der Waals surface area contributed by atoms with E-state index in [0.29, 0.717) is 18.7 Å². The molecule has 6 heteroatoms. The molecule has 1 aromatic carbocycles. The summed E-state index contributed by atoms with van der Waals surface area (Å²) >= 11 is 0. The van der Waals surface area contributed by atoms with Crippen molar-refractivity contribution < 1.29 is 12.8 Å². The molecule has 0 radical (unpaired) electrons. The molecule has 0 saturated carbocycles. The predicted molar refractivity (Wildman–Crippen MR) is 69.2 cm³/mol. The first-order chi connectivity index (χ1) is 8.36. The second-order valence-electron chi connectivity index (χ2n) is 4.44. The number of sulfonamides is 1. The van der Waals surface area contributed by atoms with Gasteiger partial charge in [-0.3, -0.25) is 0 Å². The topological polar surface area (TPSA) is 72.2 Å². The van der Waals surface area contributed by atoms with E-state index in [1.165, 1.54) is 12.1 Å². The van der Waals surface area contributed by atoms with Crippen molar-refractivity contribution in [3.63, 3.8) is 0 Å². The monoisotopic (exact) mass is 274 g/mol. The van der Waals surface area contributed by atoms with E-state index in [4.69, 9.17) is 5.73 Å². The number of hydrogen-bond acceptors (Lipinski definition) is 3. The van der Waals surface area contributed by atoms with Crippen LogP contribution in [0.5, 0.6) is 0 Å². The quantitative estimate of drug-likeness (QED) is 0.823. The molecule has 1 unspecified atom stereocenters. The van der Waals surface area contributed by atoms with Crippen molar-refractivity contribution in [2.75, 3.05) is 13.1 Å². The molecule has 0 fully saturated rings. The first kappa shape index (κ1) is 15.1. The van der Waals surface area contributed by atoms with Crippen molar-refractivity contribution in [1.82, 2.24) is 4.72 Å². The van der Waals surface area contributed by atoms with Gasteiger partial charge in [-0.2, -0.15) is 0 Å². The standard InChI is InChI=1S/C12H19FN2O2S/c1-9(5-6-14)8-15-18(16,17)12-4-3-11(13)7-10(12)2/h3-4,7,9,15H,5-6,8,14H2,1-2H3. The lowest BCUT2D eigenvalue weighted by atomic mass is 10.1. The molecule has 1 atom stereocenters. The third-order valence-corrected chi connectivity index (χ3v) is 4.29. The Morgan fingerprint density at radius 2 is 2.11 bits per heavy atom. The van der Waals surface area contributed by atoms with Gasteiger partial charge in [-0.25, -0.2) is 17.5 Å². The van der Waals surface area contributed by atoms with E-state index >= 15 is 0 Å². The molecule has 102 valence electrons. The highest BCUT2D eigenvalue weighted by molar-refractivity contribution is 7.89. The van der Waals surface area contributed by atoms with Gasteiger partial charge in [0.25, 0.3) is 0 Å². The van der Waals surface area contributed by atoms with Gasteiger partial charge < -0.3 is 5.73 Å². The molecule has 0 aliphatic heterocycles. The van der Waals surface area contributed by atoms with Gasteiger partial charge in [0.15, 0.2) is 0 Å². The zero-order valence-electron chi connectivity index (χ0n) is 10.6. The molecule has 3 N–H and O–H groups in total. The number of halogens is 1. The molecule has 18 heavy (non-hydrogen) atoms. The van der Waals surface area contributed by atoms with E-state index in [1.54, 1.807) is 6.92 Å². The lowest BCUT2D eigenvalue weighted by molar-refractivity contribution is 0.515. The Labute approximate surface area is 107 Å². The van der Waals surface area contributed by atoms with Gasteiger partial charge in [0.1, 0.15) is 5.82 Å². The highest BCUT2D eigenvalue weighted by Gasteiger charge is 2.17. The Hall–Kier alpha value is -0.980. The summed E-state index contributed by atoms with van der Waals surface area (Å²) in [5.74, 6) is -0.270. The number of hydrogen-bond donors (Lipinski definition) is 2. The summed E-state index contributed by atoms with van der Waals surface area (Å²) in [4.78, 5) is 0.115. The van der Waals surface area contributed by atoms with E-state index in [0.717, 1.165) is 12.5 Å². The third kappa shape index (κ3) is 4.04. The van der Waals surface area contributed by atoms with Crippen LogP contribution in [0.2, 0.25) is 0 Å². The van der Waals surface area contributed by atoms with Crippen LogP contribution in [0.1, 0.15) is 18.9 Å². The van der Waals surface area contributed by atoms with Crippen LogP contribution >= 0.6 is 0 Å². The van der Waals surface area contributed by atoms with Crippen LogP contribution in [0.15, 0.2) is 23.1 Å². The Morgan fingerprint density at radius 1 is 1.44 bits per heavy atom. The van der Waals surface area contributed by atoms with Gasteiger partial charge in [-0.05, 0) is 49.6 Å². The summed E-state index contributed by atoms with van der Waals surface area (Å²) in [6.45, 7) is 4.35. The van der Waals surface area contributed by atoms with E-state index in [2.05, 4.69) is 4.72 Å². The maximum absolute atomic E-state index is 12.9. The van der Waals surface area contributed by atoms with Crippen LogP contribution in [-0.4, -0.2) is 21.5 Å². The highest BCUT2D eigenvalue weighted by Crippen LogP contribution is 2.16. The van der Waals surface area contributed by atoms with Crippen LogP contribution in [0.4, 0.5) is 4.39 Å². The van der Waals surface area contributed by atoms with Crippen LogP contribution in [0.3, 0.4) is 0 Å². The number of nitrogens with one attached hydrogen (secondary N) is 1. The van der Waals surface area contributed by atoms with Crippen LogP contribution < -0.4 is 10.5 Å². The molecular formula is C12H19FN2O2S. The maximum Gasteiger partial charge on any atom is 0.240 e. The number of aryl methyl sites for hydroxylation is 1. The van der Waals surface area contributed by atoms with Crippen molar-refractivity contribution in [3.05, 3.63) is 29.6 Å². The van der Waals surface area contributed by atoms with Crippen molar-refractivity contribution in [2.45, 2.75) is 25.2 Å². The molecule has 0 aliphatic carbocycles. The number of benzene rings is 1. The Bertz CT molecular complexity index is 503. The fourth-order valence-corrected chi connectivity index (χ4v) is 3.02. The van der Waals surface area contributed by atoms with Gasteiger partial charge >= 0.3 is 0 Å². The molecule has 0 heterocycles. The van der Waals surface area contributed by atoms with E-state index in [9.17, 15) is 12.8 Å². The Kier molecular flexibility index (Phi) is 5.25. The molecule has 0 aliphatic rings. The molecule has 0 saturated heterocycles. The van der Waals surface area contributed by atoms with Crippen molar-refractivity contribution in [1.29, 1.82) is 0 Å². The van der Waals surface area contributed by atoms with Crippen molar-refractivity contribution >= 4 is 10.0 Å². The molecule has 0 bridgehead atoms. The van der Waals surface area contributed by atoms with Crippen molar-refractivity contribution in [2.24, 2.45) is 11.7 Å². The van der Waals surface area contributed by atoms with Gasteiger partial charge in [0.05, 0.1) is 4.90 Å². The van der Waals surface area contributed by atoms with Gasteiger partial charge in [0, 0.05) is 6.54 Å². The smallest absolute Gasteiger partial charge is 0.240 e. The van der Waals surface area contributed by atoms with Crippen molar-refractivity contribution in [3.8, 4) is 0 Å². The average molecular weight is 274 g/mol. The number of nitrogens with two attached hydrogens (primary N) is 1. The first-order valence-electron chi connectivity index (χ1n) is 5.82. The van der Waals surface area contributed by atoms with Gasteiger partial charge in [-0.1, -0.05) is 6.92 Å². The molecule has 4 nitrogen and oxygen atoms in total. The van der Waals surface area contributed by atoms with E-state index in [1.807, 2.05) is 6.92 Å². The van der Waals surface area contributed by atoms with E-state index in [-0.39, 0.29) is 10.8 Å². The Morgan fingerprint density at radius 3 is 2.67 bits per heavy atom. The largest absolute Gasteiger partial charge is 0.330 e. The van der Waals surface area contributed by atoms with Crippen LogP contribution in [-0.2, 0) is 10.0 Å². The Balaban J connectivity index is 2.80. The zero-order chi connectivity index (χ0) is 13.8. The summed E-state index contributed by atoms with van der Waals surface area (Å²) in [5.41, 5.74) is 5.80. The van der Waals surface area contributed by atoms with Gasteiger partial charge in [0.2, 0.25) is 10.0 Å². The predicted octanol–water partition coefficient (Wildman–Crippen LogP) is 1.40. The summed E-state index contributed by atoms with van der Waals surface area (Å²) in [6, 6.07) is 3.63. The lowest BCUT2D eigenvalue weighted by Gasteiger charge is -2.13. The fourth-order valence-electron chi connectivity index (χ4n) is 1.63. The van der Waals surface area contributed by atoms with Crippen LogP contribution in [0, 0.1) is 18.7 Å². The first-order valence-corrected chi connectivity index (χ1v) is 7.31. The fraction of sp³-hybridized carbons (Fsp3) is 0.500. The lowest BCUT2D eigenvalue weighted by Crippen LogP contribution is -2.29. The minimum absolute atomic E-state index is 0.115. The van der Waals surface area contributed by atoms with Gasteiger partial charge in [-0.15, -0.1) is 0 Å². The highest BCUT2D eigenvalue weighted by atomic mass is 32.2. The summed E-state index contributed by atoms with van der Waals surface area (Å²) in [7, 11) is -3.58. The molecule has 0 aromatic heterocycles. The summed E-state index contributed by atoms with van der Waals surface area (Å²) in [6.07, 6.45) is 0.755. The molecular weight excluding hydrogens is 255 g/mol. The molecule has 1 rings (SSSR count). The minimum Gasteiger partial charge on any atom is -0.330 e. The summed E-state index contributed by atoms with van der Waals surface area (Å²) in [5, 5.41) is 0. The van der Waals surface area contributed by atoms with Crippen LogP contribution in [0.25, 0.3) is 0 Å². The molecule has 1 aromatic rings. The minimum atomic E-state index is -3.58. The zero-order valence-corrected chi connectivity index (χ0v) is 11.4.